The van der Waals surface area contributed by atoms with Gasteiger partial charge in [-0.2, -0.15) is 0 Å². The summed E-state index contributed by atoms with van der Waals surface area (Å²) in [7, 11) is 0. The van der Waals surface area contributed by atoms with E-state index in [9.17, 15) is 9.59 Å². The normalized spacial score (nSPS) is 10.3. The van der Waals surface area contributed by atoms with Crippen LogP contribution in [-0.2, 0) is 11.3 Å². The lowest BCUT2D eigenvalue weighted by Gasteiger charge is -2.05. The summed E-state index contributed by atoms with van der Waals surface area (Å²) in [6.07, 6.45) is 3.30. The minimum absolute atomic E-state index is 0.176. The van der Waals surface area contributed by atoms with E-state index in [1.165, 1.54) is 4.40 Å². The molecular formula is C21H15N5O2. The summed E-state index contributed by atoms with van der Waals surface area (Å²) >= 11 is 0. The van der Waals surface area contributed by atoms with Gasteiger partial charge in [-0.05, 0) is 48.4 Å². The van der Waals surface area contributed by atoms with Gasteiger partial charge in [-0.25, -0.2) is 14.5 Å². The molecule has 0 saturated heterocycles. The zero-order chi connectivity index (χ0) is 19.3. The smallest absolute Gasteiger partial charge is 0.324 e. The van der Waals surface area contributed by atoms with Crippen molar-refractivity contribution in [3.05, 3.63) is 94.8 Å². The Morgan fingerprint density at radius 1 is 1.04 bits per heavy atom. The highest BCUT2D eigenvalue weighted by Crippen LogP contribution is 2.10. The first-order valence-corrected chi connectivity index (χ1v) is 8.56. The molecule has 0 unspecified atom stereocenters. The van der Waals surface area contributed by atoms with E-state index in [1.54, 1.807) is 48.8 Å². The van der Waals surface area contributed by atoms with Crippen molar-refractivity contribution in [3.8, 4) is 11.8 Å². The van der Waals surface area contributed by atoms with Gasteiger partial charge in [0.1, 0.15) is 12.2 Å². The van der Waals surface area contributed by atoms with Gasteiger partial charge in [0.25, 0.3) is 0 Å². The van der Waals surface area contributed by atoms with Crippen LogP contribution in [0.25, 0.3) is 5.65 Å². The molecule has 4 rings (SSSR count). The molecule has 0 bridgehead atoms. The number of carbonyl (C=O) groups is 1. The number of anilines is 1. The lowest BCUT2D eigenvalue weighted by molar-refractivity contribution is -0.117. The quantitative estimate of drug-likeness (QED) is 0.560. The molecule has 0 aliphatic rings. The second-order valence-electron chi connectivity index (χ2n) is 5.96. The third-order valence-corrected chi connectivity index (χ3v) is 3.93. The predicted molar refractivity (Wildman–Crippen MR) is 105 cm³/mol. The van der Waals surface area contributed by atoms with Crippen LogP contribution in [-0.4, -0.2) is 25.1 Å². The second-order valence-corrected chi connectivity index (χ2v) is 5.96. The Hall–Kier alpha value is -4.18. The number of pyridine rings is 2. The number of fused-ring (bicyclic) bond motifs is 1. The highest BCUT2D eigenvalue weighted by atomic mass is 16.2. The SMILES string of the molecule is O=C(Cn1nc2ccccn2c1=O)Nc1cccc(C#Cc2ccccn2)c1. The van der Waals surface area contributed by atoms with E-state index in [4.69, 9.17) is 0 Å². The molecule has 0 fully saturated rings. The van der Waals surface area contributed by atoms with Crippen molar-refractivity contribution in [3.63, 3.8) is 0 Å². The van der Waals surface area contributed by atoms with Gasteiger partial charge in [0.2, 0.25) is 5.91 Å². The van der Waals surface area contributed by atoms with Gasteiger partial charge in [-0.1, -0.05) is 24.1 Å². The number of aromatic nitrogens is 4. The molecule has 0 aliphatic carbocycles. The van der Waals surface area contributed by atoms with Crippen molar-refractivity contribution in [2.24, 2.45) is 0 Å². The van der Waals surface area contributed by atoms with E-state index in [-0.39, 0.29) is 18.1 Å². The van der Waals surface area contributed by atoms with Crippen molar-refractivity contribution < 1.29 is 4.79 Å². The molecule has 0 spiro atoms. The summed E-state index contributed by atoms with van der Waals surface area (Å²) in [6.45, 7) is -0.176. The second kappa shape index (κ2) is 7.60. The van der Waals surface area contributed by atoms with E-state index in [0.717, 1.165) is 10.2 Å². The van der Waals surface area contributed by atoms with Crippen LogP contribution >= 0.6 is 0 Å². The number of carbonyl (C=O) groups excluding carboxylic acids is 1. The highest BCUT2D eigenvalue weighted by Gasteiger charge is 2.10. The Labute approximate surface area is 160 Å². The van der Waals surface area contributed by atoms with Crippen LogP contribution in [0.4, 0.5) is 5.69 Å². The Morgan fingerprint density at radius 3 is 2.75 bits per heavy atom. The van der Waals surface area contributed by atoms with E-state index >= 15 is 0 Å². The largest absolute Gasteiger partial charge is 0.350 e. The predicted octanol–water partition coefficient (Wildman–Crippen LogP) is 1.93. The summed E-state index contributed by atoms with van der Waals surface area (Å²) in [6, 6.07) is 17.9. The zero-order valence-electron chi connectivity index (χ0n) is 14.7. The van der Waals surface area contributed by atoms with E-state index in [2.05, 4.69) is 27.2 Å². The van der Waals surface area contributed by atoms with Crippen LogP contribution in [0, 0.1) is 11.8 Å². The lowest BCUT2D eigenvalue weighted by Crippen LogP contribution is -2.28. The molecule has 7 heteroatoms. The number of nitrogens with one attached hydrogen (secondary N) is 1. The summed E-state index contributed by atoms with van der Waals surface area (Å²) < 4.78 is 2.52. The van der Waals surface area contributed by atoms with Crippen molar-refractivity contribution in [1.82, 2.24) is 19.2 Å². The first kappa shape index (κ1) is 17.2. The van der Waals surface area contributed by atoms with Gasteiger partial charge in [-0.15, -0.1) is 5.10 Å². The van der Waals surface area contributed by atoms with Crippen LogP contribution in [0.1, 0.15) is 11.3 Å². The zero-order valence-corrected chi connectivity index (χ0v) is 14.7. The molecule has 3 aromatic heterocycles. The van der Waals surface area contributed by atoms with E-state index in [0.29, 0.717) is 17.0 Å². The number of hydrogen-bond acceptors (Lipinski definition) is 4. The maximum absolute atomic E-state index is 12.3. The molecule has 7 nitrogen and oxygen atoms in total. The fraction of sp³-hybridized carbons (Fsp3) is 0.0476. The molecule has 28 heavy (non-hydrogen) atoms. The molecule has 3 heterocycles. The Bertz CT molecular complexity index is 1260. The van der Waals surface area contributed by atoms with Gasteiger partial charge >= 0.3 is 5.69 Å². The number of hydrogen-bond donors (Lipinski definition) is 1. The Kier molecular flexibility index (Phi) is 4.68. The fourth-order valence-corrected chi connectivity index (χ4v) is 2.66. The molecule has 136 valence electrons. The van der Waals surface area contributed by atoms with Crippen LogP contribution in [0.2, 0.25) is 0 Å². The van der Waals surface area contributed by atoms with E-state index in [1.807, 2.05) is 24.3 Å². The van der Waals surface area contributed by atoms with Gasteiger partial charge in [0.15, 0.2) is 5.65 Å². The third-order valence-electron chi connectivity index (χ3n) is 3.93. The molecule has 0 saturated carbocycles. The van der Waals surface area contributed by atoms with Crippen molar-refractivity contribution in [1.29, 1.82) is 0 Å². The molecule has 1 aromatic carbocycles. The first-order valence-electron chi connectivity index (χ1n) is 8.56. The molecular weight excluding hydrogens is 354 g/mol. The van der Waals surface area contributed by atoms with Crippen LogP contribution in [0.3, 0.4) is 0 Å². The molecule has 0 atom stereocenters. The monoisotopic (exact) mass is 369 g/mol. The van der Waals surface area contributed by atoms with E-state index < -0.39 is 0 Å². The highest BCUT2D eigenvalue weighted by molar-refractivity contribution is 5.90. The fourth-order valence-electron chi connectivity index (χ4n) is 2.66. The maximum atomic E-state index is 12.3. The van der Waals surface area contributed by atoms with Gasteiger partial charge < -0.3 is 5.32 Å². The average molecular weight is 369 g/mol. The topological polar surface area (TPSA) is 81.3 Å². The summed E-state index contributed by atoms with van der Waals surface area (Å²) in [5.74, 6) is 5.64. The van der Waals surface area contributed by atoms with Gasteiger partial charge in [0, 0.05) is 23.6 Å². The van der Waals surface area contributed by atoms with Crippen molar-refractivity contribution in [2.75, 3.05) is 5.32 Å². The lowest BCUT2D eigenvalue weighted by atomic mass is 10.2. The number of nitrogens with zero attached hydrogens (tertiary/aromatic N) is 4. The van der Waals surface area contributed by atoms with Crippen LogP contribution < -0.4 is 11.0 Å². The number of amides is 1. The molecule has 0 radical (unpaired) electrons. The minimum atomic E-state index is -0.360. The molecule has 4 aromatic rings. The average Bonchev–Trinajstić information content (AvgIpc) is 3.03. The third kappa shape index (κ3) is 3.81. The van der Waals surface area contributed by atoms with Crippen molar-refractivity contribution in [2.45, 2.75) is 6.54 Å². The van der Waals surface area contributed by atoms with Gasteiger partial charge in [0.05, 0.1) is 0 Å². The summed E-state index contributed by atoms with van der Waals surface area (Å²) in [5, 5.41) is 6.92. The summed E-state index contributed by atoms with van der Waals surface area (Å²) in [5.41, 5.74) is 2.14. The standard InChI is InChI=1S/C21H15N5O2/c27-20(15-26-21(28)25-13-4-2-9-19(25)24-26)23-18-8-5-6-16(14-18)10-11-17-7-1-3-12-22-17/h1-9,12-14H,15H2,(H,23,27). The van der Waals surface area contributed by atoms with Crippen molar-refractivity contribution >= 4 is 17.2 Å². The maximum Gasteiger partial charge on any atom is 0.350 e. The number of rotatable bonds is 3. The van der Waals surface area contributed by atoms with Gasteiger partial charge in [-0.3, -0.25) is 9.20 Å². The Morgan fingerprint density at radius 2 is 1.93 bits per heavy atom. The van der Waals surface area contributed by atoms with Crippen LogP contribution in [0.15, 0.2) is 77.9 Å². The number of benzene rings is 1. The van der Waals surface area contributed by atoms with Crippen LogP contribution in [0.5, 0.6) is 0 Å². The molecule has 1 amide bonds. The minimum Gasteiger partial charge on any atom is -0.324 e. The molecule has 0 aliphatic heterocycles. The summed E-state index contributed by atoms with van der Waals surface area (Å²) in [4.78, 5) is 28.7. The molecule has 1 N–H and O–H groups in total. The first-order chi connectivity index (χ1) is 13.7. The Balaban J connectivity index is 1.48.